The highest BCUT2D eigenvalue weighted by molar-refractivity contribution is 6.14. The van der Waals surface area contributed by atoms with Gasteiger partial charge in [-0.15, -0.1) is 0 Å². The Hall–Kier alpha value is -4.40. The van der Waals surface area contributed by atoms with Crippen molar-refractivity contribution in [3.05, 3.63) is 83.3 Å². The van der Waals surface area contributed by atoms with Gasteiger partial charge < -0.3 is 24.3 Å². The van der Waals surface area contributed by atoms with Crippen LogP contribution in [-0.2, 0) is 9.53 Å². The Bertz CT molecular complexity index is 1370. The molecule has 4 rings (SSSR count). The minimum atomic E-state index is -1.19. The van der Waals surface area contributed by atoms with E-state index < -0.39 is 29.6 Å². The summed E-state index contributed by atoms with van der Waals surface area (Å²) in [6.07, 6.45) is 0.573. The monoisotopic (exact) mass is 517 g/mol. The molecule has 0 saturated carbocycles. The van der Waals surface area contributed by atoms with Crippen LogP contribution in [0.1, 0.15) is 52.8 Å². The lowest BCUT2D eigenvalue weighted by atomic mass is 10.0. The zero-order valence-electron chi connectivity index (χ0n) is 22.1. The van der Waals surface area contributed by atoms with E-state index in [2.05, 4.69) is 5.32 Å². The Morgan fingerprint density at radius 2 is 1.76 bits per heavy atom. The smallest absolute Gasteiger partial charge is 0.408 e. The molecule has 1 aromatic heterocycles. The number of carbonyl (C=O) groups is 4. The first-order valence-corrected chi connectivity index (χ1v) is 12.3. The number of amides is 3. The number of hydrogen-bond acceptors (Lipinski definition) is 6. The molecule has 0 spiro atoms. The van der Waals surface area contributed by atoms with Crippen molar-refractivity contribution in [2.24, 2.45) is 0 Å². The molecular formula is C29H31N3O6. The fourth-order valence-corrected chi connectivity index (χ4v) is 4.30. The quantitative estimate of drug-likeness (QED) is 0.493. The second-order valence-corrected chi connectivity index (χ2v) is 10.2. The maximum atomic E-state index is 14.0. The predicted octanol–water partition coefficient (Wildman–Crippen LogP) is 4.67. The number of hydrogen-bond donors (Lipinski definition) is 1. The molecule has 3 aromatic rings. The minimum Gasteiger partial charge on any atom is -0.459 e. The van der Waals surface area contributed by atoms with Gasteiger partial charge in [0.25, 0.3) is 11.8 Å². The van der Waals surface area contributed by atoms with Crippen LogP contribution in [-0.4, -0.2) is 48.4 Å². The van der Waals surface area contributed by atoms with Crippen molar-refractivity contribution < 1.29 is 28.3 Å². The Morgan fingerprint density at radius 3 is 2.42 bits per heavy atom. The molecule has 3 amide bonds. The zero-order valence-corrected chi connectivity index (χ0v) is 22.1. The summed E-state index contributed by atoms with van der Waals surface area (Å²) in [4.78, 5) is 56.3. The molecule has 9 heteroatoms. The molecule has 2 heterocycles. The highest BCUT2D eigenvalue weighted by Crippen LogP contribution is 2.35. The van der Waals surface area contributed by atoms with Crippen LogP contribution in [0, 0.1) is 13.8 Å². The van der Waals surface area contributed by atoms with Gasteiger partial charge in [0.2, 0.25) is 0 Å². The lowest BCUT2D eigenvalue weighted by Gasteiger charge is -2.26. The standard InChI is InChI=1S/C29H31N3O6/c1-18-12-13-22-23(15-18)32(17-24(33)20-10-7-6-9-19(20)2)26(34)21(30-28(36)38-29(3,4)5)16-31(22)27(35)25-11-8-14-37-25/h6-15,21H,16-17H2,1-5H3,(H,30,36). The summed E-state index contributed by atoms with van der Waals surface area (Å²) in [5.41, 5.74) is 2.08. The average molecular weight is 518 g/mol. The van der Waals surface area contributed by atoms with Gasteiger partial charge in [-0.3, -0.25) is 14.4 Å². The topological polar surface area (TPSA) is 109 Å². The van der Waals surface area contributed by atoms with Crippen LogP contribution in [0.5, 0.6) is 0 Å². The number of benzene rings is 2. The van der Waals surface area contributed by atoms with Crippen molar-refractivity contribution in [2.45, 2.75) is 46.3 Å². The Morgan fingerprint density at radius 1 is 1.03 bits per heavy atom. The van der Waals surface area contributed by atoms with Gasteiger partial charge in [0, 0.05) is 5.56 Å². The number of aryl methyl sites for hydroxylation is 2. The number of furan rings is 1. The van der Waals surface area contributed by atoms with Crippen LogP contribution in [0.25, 0.3) is 0 Å². The van der Waals surface area contributed by atoms with E-state index in [-0.39, 0.29) is 24.6 Å². The fourth-order valence-electron chi connectivity index (χ4n) is 4.30. The van der Waals surface area contributed by atoms with Crippen molar-refractivity contribution in [2.75, 3.05) is 22.9 Å². The van der Waals surface area contributed by atoms with Crippen LogP contribution >= 0.6 is 0 Å². The molecule has 1 unspecified atom stereocenters. The van der Waals surface area contributed by atoms with Gasteiger partial charge in [0.15, 0.2) is 11.5 Å². The number of nitrogens with one attached hydrogen (secondary N) is 1. The molecule has 0 aliphatic carbocycles. The molecule has 0 fully saturated rings. The van der Waals surface area contributed by atoms with E-state index in [0.29, 0.717) is 16.9 Å². The molecular weight excluding hydrogens is 486 g/mol. The van der Waals surface area contributed by atoms with Gasteiger partial charge in [-0.2, -0.15) is 0 Å². The SMILES string of the molecule is Cc1ccc2c(c1)N(CC(=O)c1ccccc1C)C(=O)C(NC(=O)OC(C)(C)C)CN2C(=O)c1ccco1. The Kier molecular flexibility index (Phi) is 7.39. The van der Waals surface area contributed by atoms with Crippen molar-refractivity contribution in [1.82, 2.24) is 5.32 Å². The second-order valence-electron chi connectivity index (χ2n) is 10.2. The third-order valence-corrected chi connectivity index (χ3v) is 6.06. The van der Waals surface area contributed by atoms with E-state index in [1.165, 1.54) is 22.1 Å². The number of Topliss-reactive ketones (excluding diaryl/α,β-unsaturated/α-hetero) is 1. The minimum absolute atomic E-state index is 0.0735. The Labute approximate surface area is 221 Å². The van der Waals surface area contributed by atoms with Crippen molar-refractivity contribution >= 4 is 35.1 Å². The summed E-state index contributed by atoms with van der Waals surface area (Å²) in [6.45, 7) is 8.33. The number of ketones is 1. The van der Waals surface area contributed by atoms with E-state index in [1.54, 1.807) is 51.1 Å². The number of nitrogens with zero attached hydrogens (tertiary/aromatic N) is 2. The molecule has 0 bridgehead atoms. The number of rotatable bonds is 5. The molecule has 38 heavy (non-hydrogen) atoms. The van der Waals surface area contributed by atoms with Crippen molar-refractivity contribution in [1.29, 1.82) is 0 Å². The van der Waals surface area contributed by atoms with Crippen molar-refractivity contribution in [3.8, 4) is 0 Å². The zero-order chi connectivity index (χ0) is 27.6. The van der Waals surface area contributed by atoms with Crippen LogP contribution in [0.3, 0.4) is 0 Å². The first kappa shape index (κ1) is 26.7. The third-order valence-electron chi connectivity index (χ3n) is 6.06. The molecule has 1 aliphatic rings. The largest absolute Gasteiger partial charge is 0.459 e. The van der Waals surface area contributed by atoms with Crippen LogP contribution in [0.4, 0.5) is 16.2 Å². The number of alkyl carbamates (subject to hydrolysis) is 1. The maximum absolute atomic E-state index is 14.0. The van der Waals surface area contributed by atoms with E-state index in [4.69, 9.17) is 9.15 Å². The van der Waals surface area contributed by atoms with Gasteiger partial charge in [0.05, 0.1) is 30.7 Å². The summed E-state index contributed by atoms with van der Waals surface area (Å²) in [6, 6.07) is 14.3. The summed E-state index contributed by atoms with van der Waals surface area (Å²) >= 11 is 0. The van der Waals surface area contributed by atoms with Gasteiger partial charge in [-0.05, 0) is 70.0 Å². The van der Waals surface area contributed by atoms with Crippen LogP contribution in [0.15, 0.2) is 65.3 Å². The first-order chi connectivity index (χ1) is 17.9. The lowest BCUT2D eigenvalue weighted by Crippen LogP contribution is -2.54. The molecule has 0 saturated heterocycles. The van der Waals surface area contributed by atoms with Gasteiger partial charge >= 0.3 is 6.09 Å². The number of carbonyl (C=O) groups excluding carboxylic acids is 4. The summed E-state index contributed by atoms with van der Waals surface area (Å²) < 4.78 is 10.7. The van der Waals surface area contributed by atoms with Gasteiger partial charge in [-0.25, -0.2) is 4.79 Å². The van der Waals surface area contributed by atoms with Gasteiger partial charge in [0.1, 0.15) is 11.6 Å². The number of anilines is 2. The second kappa shape index (κ2) is 10.5. The third kappa shape index (κ3) is 5.77. The predicted molar refractivity (Wildman–Crippen MR) is 143 cm³/mol. The normalized spacial score (nSPS) is 15.5. The van der Waals surface area contributed by atoms with Crippen molar-refractivity contribution in [3.63, 3.8) is 0 Å². The molecule has 1 N–H and O–H groups in total. The molecule has 198 valence electrons. The summed E-state index contributed by atoms with van der Waals surface area (Å²) in [7, 11) is 0. The highest BCUT2D eigenvalue weighted by Gasteiger charge is 2.39. The first-order valence-electron chi connectivity index (χ1n) is 12.3. The highest BCUT2D eigenvalue weighted by atomic mass is 16.6. The molecule has 1 atom stereocenters. The molecule has 1 aliphatic heterocycles. The molecule has 0 radical (unpaired) electrons. The van der Waals surface area contributed by atoms with E-state index in [1.807, 2.05) is 32.0 Å². The lowest BCUT2D eigenvalue weighted by molar-refractivity contribution is -0.120. The fraction of sp³-hybridized carbons (Fsp3) is 0.310. The summed E-state index contributed by atoms with van der Waals surface area (Å²) in [5.74, 6) is -1.23. The van der Waals surface area contributed by atoms with E-state index in [9.17, 15) is 19.2 Å². The number of fused-ring (bicyclic) bond motifs is 1. The maximum Gasteiger partial charge on any atom is 0.408 e. The molecule has 2 aromatic carbocycles. The number of ether oxygens (including phenoxy) is 1. The average Bonchev–Trinajstić information content (AvgIpc) is 3.35. The van der Waals surface area contributed by atoms with E-state index >= 15 is 0 Å². The van der Waals surface area contributed by atoms with Gasteiger partial charge in [-0.1, -0.05) is 30.3 Å². The summed E-state index contributed by atoms with van der Waals surface area (Å²) in [5, 5.41) is 2.61. The van der Waals surface area contributed by atoms with Crippen LogP contribution < -0.4 is 15.1 Å². The van der Waals surface area contributed by atoms with E-state index in [0.717, 1.165) is 11.1 Å². The Balaban J connectivity index is 1.79. The van der Waals surface area contributed by atoms with Crippen LogP contribution in [0.2, 0.25) is 0 Å². The molecule has 9 nitrogen and oxygen atoms in total.